The molecule has 2 aromatic carbocycles. The lowest BCUT2D eigenvalue weighted by Crippen LogP contribution is -2.53. The summed E-state index contributed by atoms with van der Waals surface area (Å²) >= 11 is 0. The maximum Gasteiger partial charge on any atom is 0.283 e. The van der Waals surface area contributed by atoms with Gasteiger partial charge >= 0.3 is 0 Å². The van der Waals surface area contributed by atoms with E-state index in [1.807, 2.05) is 30.3 Å². The van der Waals surface area contributed by atoms with E-state index in [2.05, 4.69) is 10.9 Å². The lowest BCUT2D eigenvalue weighted by molar-refractivity contribution is -0.136. The monoisotopic (exact) mass is 471 g/mol. The molecule has 2 aromatic rings. The van der Waals surface area contributed by atoms with Gasteiger partial charge in [0.2, 0.25) is 22.0 Å². The fraction of sp³-hybridized carbons (Fsp3) is 0.304. The molecule has 0 spiro atoms. The van der Waals surface area contributed by atoms with Crippen LogP contribution in [0.4, 0.5) is 0 Å². The highest BCUT2D eigenvalue weighted by Gasteiger charge is 2.31. The number of carbonyl (C=O) groups excluding carboxylic acids is 2. The van der Waals surface area contributed by atoms with Gasteiger partial charge in [0.25, 0.3) is 5.91 Å². The second-order valence-corrected chi connectivity index (χ2v) is 9.59. The smallest absolute Gasteiger partial charge is 0.283 e. The maximum atomic E-state index is 12.6. The van der Waals surface area contributed by atoms with Crippen LogP contribution in [-0.2, 0) is 19.6 Å². The van der Waals surface area contributed by atoms with Gasteiger partial charge in [0.05, 0.1) is 0 Å². The van der Waals surface area contributed by atoms with Crippen molar-refractivity contribution in [2.45, 2.75) is 18.9 Å². The van der Waals surface area contributed by atoms with E-state index in [-0.39, 0.29) is 25.6 Å². The molecule has 2 heterocycles. The number of nitrogens with one attached hydrogen (secondary N) is 2. The summed E-state index contributed by atoms with van der Waals surface area (Å²) in [7, 11) is -3.57. The van der Waals surface area contributed by atoms with Crippen LogP contribution in [0.15, 0.2) is 60.0 Å². The van der Waals surface area contributed by atoms with Crippen molar-refractivity contribution in [1.82, 2.24) is 15.2 Å². The number of hydrogen-bond acceptors (Lipinski definition) is 6. The van der Waals surface area contributed by atoms with Crippen LogP contribution in [0.25, 0.3) is 6.08 Å². The van der Waals surface area contributed by atoms with Crippen LogP contribution in [0, 0.1) is 5.92 Å². The molecule has 0 aliphatic carbocycles. The number of ether oxygens (including phenoxy) is 2. The minimum Gasteiger partial charge on any atom is -0.485 e. The highest BCUT2D eigenvalue weighted by Crippen LogP contribution is 2.30. The van der Waals surface area contributed by atoms with Crippen LogP contribution < -0.4 is 20.3 Å². The number of nitrogens with zero attached hydrogens (tertiary/aromatic N) is 1. The summed E-state index contributed by atoms with van der Waals surface area (Å²) in [5, 5.41) is 1.19. The van der Waals surface area contributed by atoms with Gasteiger partial charge in [-0.25, -0.2) is 8.42 Å². The third-order valence-electron chi connectivity index (χ3n) is 5.53. The van der Waals surface area contributed by atoms with Gasteiger partial charge in [0, 0.05) is 24.4 Å². The summed E-state index contributed by atoms with van der Waals surface area (Å²) in [6.45, 7) is 0.485. The molecule has 0 aromatic heterocycles. The van der Waals surface area contributed by atoms with Gasteiger partial charge in [0.1, 0.15) is 6.61 Å². The van der Waals surface area contributed by atoms with E-state index >= 15 is 0 Å². The zero-order valence-corrected chi connectivity index (χ0v) is 18.7. The Balaban J connectivity index is 1.23. The Morgan fingerprint density at radius 2 is 1.55 bits per heavy atom. The largest absolute Gasteiger partial charge is 0.485 e. The number of fused-ring (bicyclic) bond motifs is 1. The minimum absolute atomic E-state index is 0.0332. The molecule has 0 saturated carbocycles. The van der Waals surface area contributed by atoms with Crippen molar-refractivity contribution in [2.75, 3.05) is 19.7 Å². The standard InChI is InChI=1S/C23H25N3O6S/c27-22(24-25-23(28)21-16-31-19-8-4-5-9-20(19)32-21)18-10-13-26(14-11-18)33(29,30)15-12-17-6-2-1-3-7-17/h1-9,12,15,18,21H,10-11,13-14,16H2,(H,24,27)(H,25,28)/b15-12+. The van der Waals surface area contributed by atoms with Crippen molar-refractivity contribution < 1.29 is 27.5 Å². The first-order valence-corrected chi connectivity index (χ1v) is 12.1. The topological polar surface area (TPSA) is 114 Å². The molecule has 1 saturated heterocycles. The Hall–Kier alpha value is -3.37. The highest BCUT2D eigenvalue weighted by atomic mass is 32.2. The normalized spacial score (nSPS) is 19.2. The van der Waals surface area contributed by atoms with Crippen LogP contribution in [0.5, 0.6) is 11.5 Å². The molecule has 0 bridgehead atoms. The van der Waals surface area contributed by atoms with E-state index < -0.39 is 28.0 Å². The zero-order chi connectivity index (χ0) is 23.3. The van der Waals surface area contributed by atoms with Crippen LogP contribution in [0.1, 0.15) is 18.4 Å². The average Bonchev–Trinajstić information content (AvgIpc) is 2.86. The van der Waals surface area contributed by atoms with Gasteiger partial charge in [-0.05, 0) is 36.6 Å². The molecule has 33 heavy (non-hydrogen) atoms. The summed E-state index contributed by atoms with van der Waals surface area (Å²) < 4.78 is 37.6. The second kappa shape index (κ2) is 10.1. The van der Waals surface area contributed by atoms with Crippen molar-refractivity contribution in [2.24, 2.45) is 5.92 Å². The summed E-state index contributed by atoms with van der Waals surface area (Å²) in [6, 6.07) is 16.2. The first kappa shape index (κ1) is 22.8. The number of benzene rings is 2. The van der Waals surface area contributed by atoms with E-state index in [9.17, 15) is 18.0 Å². The van der Waals surface area contributed by atoms with Crippen molar-refractivity contribution in [3.8, 4) is 11.5 Å². The summed E-state index contributed by atoms with van der Waals surface area (Å²) in [6.07, 6.45) is 1.38. The van der Waals surface area contributed by atoms with E-state index in [0.717, 1.165) is 5.56 Å². The number of hydrogen-bond donors (Lipinski definition) is 2. The van der Waals surface area contributed by atoms with E-state index in [0.29, 0.717) is 24.3 Å². The lowest BCUT2D eigenvalue weighted by Gasteiger charge is -2.30. The Morgan fingerprint density at radius 3 is 2.27 bits per heavy atom. The number of carbonyl (C=O) groups is 2. The van der Waals surface area contributed by atoms with E-state index in [1.165, 1.54) is 9.71 Å². The van der Waals surface area contributed by atoms with Crippen molar-refractivity contribution in [3.05, 3.63) is 65.6 Å². The molecule has 1 unspecified atom stereocenters. The molecule has 2 aliphatic rings. The Labute approximate surface area is 192 Å². The van der Waals surface area contributed by atoms with Crippen LogP contribution in [-0.4, -0.2) is 50.3 Å². The quantitative estimate of drug-likeness (QED) is 0.642. The van der Waals surface area contributed by atoms with Crippen LogP contribution in [0.3, 0.4) is 0 Å². The molecular weight excluding hydrogens is 446 g/mol. The average molecular weight is 472 g/mol. The van der Waals surface area contributed by atoms with E-state index in [1.54, 1.807) is 30.3 Å². The molecule has 1 atom stereocenters. The zero-order valence-electron chi connectivity index (χ0n) is 17.8. The first-order chi connectivity index (χ1) is 15.9. The highest BCUT2D eigenvalue weighted by molar-refractivity contribution is 7.92. The van der Waals surface area contributed by atoms with E-state index in [4.69, 9.17) is 9.47 Å². The Kier molecular flexibility index (Phi) is 6.95. The number of amides is 2. The fourth-order valence-electron chi connectivity index (χ4n) is 3.64. The van der Waals surface area contributed by atoms with Crippen molar-refractivity contribution >= 4 is 27.9 Å². The number of hydrazine groups is 1. The van der Waals surface area contributed by atoms with Crippen LogP contribution in [0.2, 0.25) is 0 Å². The molecule has 2 amide bonds. The molecule has 9 nitrogen and oxygen atoms in total. The van der Waals surface area contributed by atoms with Crippen molar-refractivity contribution in [3.63, 3.8) is 0 Å². The summed E-state index contributed by atoms with van der Waals surface area (Å²) in [5.74, 6) is -0.267. The van der Waals surface area contributed by atoms with Crippen LogP contribution >= 0.6 is 0 Å². The van der Waals surface area contributed by atoms with Gasteiger partial charge in [-0.1, -0.05) is 42.5 Å². The molecule has 1 fully saturated rings. The van der Waals surface area contributed by atoms with Crippen molar-refractivity contribution in [1.29, 1.82) is 0 Å². The maximum absolute atomic E-state index is 12.6. The summed E-state index contributed by atoms with van der Waals surface area (Å²) in [5.41, 5.74) is 5.58. The fourth-order valence-corrected chi connectivity index (χ4v) is 4.86. The minimum atomic E-state index is -3.57. The third-order valence-corrected chi connectivity index (χ3v) is 7.09. The van der Waals surface area contributed by atoms with Gasteiger partial charge in [0.15, 0.2) is 11.5 Å². The Morgan fingerprint density at radius 1 is 0.909 bits per heavy atom. The summed E-state index contributed by atoms with van der Waals surface area (Å²) in [4.78, 5) is 24.8. The Bertz CT molecular complexity index is 1130. The SMILES string of the molecule is O=C(NNC(=O)C1COc2ccccc2O1)C1CCN(S(=O)(=O)/C=C/c2ccccc2)CC1. The number of rotatable bonds is 5. The van der Waals surface area contributed by atoms with Gasteiger partial charge in [-0.3, -0.25) is 20.4 Å². The molecule has 4 rings (SSSR count). The predicted molar refractivity (Wildman–Crippen MR) is 121 cm³/mol. The molecule has 10 heteroatoms. The molecule has 174 valence electrons. The number of sulfonamides is 1. The second-order valence-electron chi connectivity index (χ2n) is 7.77. The number of para-hydroxylation sites is 2. The molecule has 2 N–H and O–H groups in total. The molecular formula is C23H25N3O6S. The van der Waals surface area contributed by atoms with Gasteiger partial charge < -0.3 is 9.47 Å². The first-order valence-electron chi connectivity index (χ1n) is 10.6. The predicted octanol–water partition coefficient (Wildman–Crippen LogP) is 1.69. The van der Waals surface area contributed by atoms with Gasteiger partial charge in [-0.15, -0.1) is 0 Å². The number of piperidine rings is 1. The van der Waals surface area contributed by atoms with Gasteiger partial charge in [-0.2, -0.15) is 4.31 Å². The molecule has 2 aliphatic heterocycles. The third kappa shape index (κ3) is 5.71. The lowest BCUT2D eigenvalue weighted by atomic mass is 9.98. The molecule has 0 radical (unpaired) electrons.